The molecule has 2 aliphatic rings. The van der Waals surface area contributed by atoms with Crippen LogP contribution >= 0.6 is 0 Å². The van der Waals surface area contributed by atoms with Crippen molar-refractivity contribution in [1.82, 2.24) is 0 Å². The lowest BCUT2D eigenvalue weighted by Crippen LogP contribution is -2.44. The molecule has 1 fully saturated rings. The van der Waals surface area contributed by atoms with Crippen molar-refractivity contribution in [3.8, 4) is 0 Å². The predicted octanol–water partition coefficient (Wildman–Crippen LogP) is 3.27. The first kappa shape index (κ1) is 22.3. The van der Waals surface area contributed by atoms with Crippen molar-refractivity contribution in [3.63, 3.8) is 0 Å². The molecule has 156 valence electrons. The summed E-state index contributed by atoms with van der Waals surface area (Å²) >= 11 is 0. The van der Waals surface area contributed by atoms with Gasteiger partial charge in [-0.3, -0.25) is 9.59 Å². The summed E-state index contributed by atoms with van der Waals surface area (Å²) in [4.78, 5) is 36.5. The van der Waals surface area contributed by atoms with Gasteiger partial charge in [-0.2, -0.15) is 0 Å². The number of fused-ring (bicyclic) bond motifs is 1. The maximum absolute atomic E-state index is 12.5. The highest BCUT2D eigenvalue weighted by atomic mass is 16.6. The van der Waals surface area contributed by atoms with Crippen molar-refractivity contribution in [2.45, 2.75) is 85.0 Å². The fourth-order valence-corrected chi connectivity index (χ4v) is 4.46. The van der Waals surface area contributed by atoms with Gasteiger partial charge in [0.15, 0.2) is 5.78 Å². The normalized spacial score (nSPS) is 31.4. The number of carbonyl (C=O) groups is 3. The third-order valence-corrected chi connectivity index (χ3v) is 6.41. The summed E-state index contributed by atoms with van der Waals surface area (Å²) < 4.78 is 11.4. The zero-order chi connectivity index (χ0) is 21.4. The lowest BCUT2D eigenvalue weighted by molar-refractivity contribution is -0.170. The van der Waals surface area contributed by atoms with Gasteiger partial charge >= 0.3 is 11.9 Å². The average Bonchev–Trinajstić information content (AvgIpc) is 2.73. The number of ether oxygens (including phenoxy) is 2. The van der Waals surface area contributed by atoms with Gasteiger partial charge in [-0.1, -0.05) is 13.0 Å². The van der Waals surface area contributed by atoms with Crippen molar-refractivity contribution in [2.24, 2.45) is 11.8 Å². The molecular weight excluding hydrogens is 360 g/mol. The summed E-state index contributed by atoms with van der Waals surface area (Å²) in [5.41, 5.74) is -0.455. The van der Waals surface area contributed by atoms with Crippen LogP contribution in [-0.4, -0.2) is 40.1 Å². The monoisotopic (exact) mass is 392 g/mol. The van der Waals surface area contributed by atoms with E-state index in [4.69, 9.17) is 9.47 Å². The van der Waals surface area contributed by atoms with Crippen molar-refractivity contribution < 1.29 is 29.0 Å². The molecule has 6 heteroatoms. The molecule has 0 bridgehead atoms. The molecule has 0 amide bonds. The summed E-state index contributed by atoms with van der Waals surface area (Å²) in [5, 5.41) is 11.3. The van der Waals surface area contributed by atoms with Gasteiger partial charge in [0.1, 0.15) is 11.7 Å². The van der Waals surface area contributed by atoms with Crippen molar-refractivity contribution >= 4 is 17.7 Å². The molecule has 0 heterocycles. The molecule has 0 aromatic rings. The Bertz CT molecular complexity index is 744. The Kier molecular flexibility index (Phi) is 6.24. The summed E-state index contributed by atoms with van der Waals surface area (Å²) in [6, 6.07) is 0. The topological polar surface area (TPSA) is 89.9 Å². The number of ketones is 1. The van der Waals surface area contributed by atoms with Gasteiger partial charge in [-0.25, -0.2) is 4.79 Å². The second-order valence-corrected chi connectivity index (χ2v) is 8.69. The van der Waals surface area contributed by atoms with Crippen LogP contribution in [0, 0.1) is 11.8 Å². The molecule has 28 heavy (non-hydrogen) atoms. The minimum Gasteiger partial charge on any atom is -0.459 e. The van der Waals surface area contributed by atoms with Crippen LogP contribution in [0.25, 0.3) is 0 Å². The first-order valence-electron chi connectivity index (χ1n) is 9.82. The number of hydrogen-bond acceptors (Lipinski definition) is 6. The maximum atomic E-state index is 12.5. The van der Waals surface area contributed by atoms with E-state index in [1.54, 1.807) is 40.7 Å². The second kappa shape index (κ2) is 7.82. The summed E-state index contributed by atoms with van der Waals surface area (Å²) in [5.74, 6) is -1.60. The molecule has 0 unspecified atom stereocenters. The van der Waals surface area contributed by atoms with Gasteiger partial charge in [0, 0.05) is 24.8 Å². The van der Waals surface area contributed by atoms with E-state index >= 15 is 0 Å². The average molecular weight is 392 g/mol. The van der Waals surface area contributed by atoms with Crippen LogP contribution in [0.2, 0.25) is 0 Å². The van der Waals surface area contributed by atoms with E-state index in [2.05, 4.69) is 0 Å². The van der Waals surface area contributed by atoms with Crippen LogP contribution in [0.3, 0.4) is 0 Å². The predicted molar refractivity (Wildman–Crippen MR) is 104 cm³/mol. The Labute approximate surface area is 167 Å². The van der Waals surface area contributed by atoms with Gasteiger partial charge in [0.25, 0.3) is 0 Å². The molecule has 6 nitrogen and oxygen atoms in total. The van der Waals surface area contributed by atoms with Crippen LogP contribution in [0.4, 0.5) is 0 Å². The van der Waals surface area contributed by atoms with E-state index < -0.39 is 35.2 Å². The van der Waals surface area contributed by atoms with Crippen LogP contribution in [0.5, 0.6) is 0 Å². The number of allylic oxidation sites excluding steroid dienone is 2. The second-order valence-electron chi connectivity index (χ2n) is 8.69. The minimum atomic E-state index is -1.25. The Morgan fingerprint density at radius 3 is 2.43 bits per heavy atom. The lowest BCUT2D eigenvalue weighted by atomic mass is 9.80. The number of carbonyl (C=O) groups excluding carboxylic acids is 3. The van der Waals surface area contributed by atoms with Gasteiger partial charge in [-0.05, 0) is 64.5 Å². The van der Waals surface area contributed by atoms with E-state index in [0.717, 1.165) is 0 Å². The van der Waals surface area contributed by atoms with E-state index in [1.165, 1.54) is 6.92 Å². The SMILES string of the molecule is CC=C(C)C(=O)O[C@@H]1C[C@H](C)[C@]2(O)CC(=O)C(C)=C2C[C@@H]1C(C)(C)OC(C)=O. The third kappa shape index (κ3) is 4.07. The zero-order valence-electron chi connectivity index (χ0n) is 17.9. The fourth-order valence-electron chi connectivity index (χ4n) is 4.46. The molecule has 4 atom stereocenters. The third-order valence-electron chi connectivity index (χ3n) is 6.41. The standard InChI is InChI=1S/C22H32O6/c1-8-12(2)20(25)27-19-9-13(3)22(26)11-18(24)14(4)16(22)10-17(19)21(6,7)28-15(5)23/h8,13,17,19,26H,9-11H2,1-7H3/t13-,17-,19+,22+/m0/s1. The number of esters is 2. The molecule has 0 aliphatic heterocycles. The number of Topliss-reactive ketones (excluding diaryl/α,β-unsaturated/α-hetero) is 1. The van der Waals surface area contributed by atoms with E-state index in [9.17, 15) is 19.5 Å². The number of aliphatic hydroxyl groups is 1. The van der Waals surface area contributed by atoms with Crippen LogP contribution < -0.4 is 0 Å². The van der Waals surface area contributed by atoms with Gasteiger partial charge in [0.05, 0.1) is 5.60 Å². The van der Waals surface area contributed by atoms with E-state index in [0.29, 0.717) is 29.6 Å². The highest BCUT2D eigenvalue weighted by molar-refractivity contribution is 6.00. The van der Waals surface area contributed by atoms with Crippen LogP contribution in [-0.2, 0) is 23.9 Å². The highest BCUT2D eigenvalue weighted by Crippen LogP contribution is 2.50. The first-order valence-corrected chi connectivity index (χ1v) is 9.82. The molecule has 2 rings (SSSR count). The number of rotatable bonds is 4. The molecule has 0 aromatic carbocycles. The number of hydrogen-bond donors (Lipinski definition) is 1. The quantitative estimate of drug-likeness (QED) is 0.583. The Balaban J connectivity index is 2.51. The molecule has 0 radical (unpaired) electrons. The fraction of sp³-hybridized carbons (Fsp3) is 0.682. The van der Waals surface area contributed by atoms with Crippen LogP contribution in [0.1, 0.15) is 67.7 Å². The molecule has 1 N–H and O–H groups in total. The summed E-state index contributed by atoms with van der Waals surface area (Å²) in [6.45, 7) is 12.0. The van der Waals surface area contributed by atoms with Crippen molar-refractivity contribution in [1.29, 1.82) is 0 Å². The van der Waals surface area contributed by atoms with Crippen molar-refractivity contribution in [3.05, 3.63) is 22.8 Å². The Morgan fingerprint density at radius 1 is 1.29 bits per heavy atom. The minimum absolute atomic E-state index is 0.0462. The van der Waals surface area contributed by atoms with Crippen molar-refractivity contribution in [2.75, 3.05) is 0 Å². The lowest BCUT2D eigenvalue weighted by Gasteiger charge is -2.38. The highest BCUT2D eigenvalue weighted by Gasteiger charge is 2.54. The first-order chi connectivity index (χ1) is 12.8. The molecule has 1 saturated carbocycles. The van der Waals surface area contributed by atoms with E-state index in [-0.39, 0.29) is 18.1 Å². The summed E-state index contributed by atoms with van der Waals surface area (Å²) in [6.07, 6.45) is 1.87. The molecule has 0 saturated heterocycles. The summed E-state index contributed by atoms with van der Waals surface area (Å²) in [7, 11) is 0. The Morgan fingerprint density at radius 2 is 1.89 bits per heavy atom. The van der Waals surface area contributed by atoms with Gasteiger partial charge in [0.2, 0.25) is 0 Å². The van der Waals surface area contributed by atoms with Gasteiger partial charge < -0.3 is 14.6 Å². The maximum Gasteiger partial charge on any atom is 0.333 e. The van der Waals surface area contributed by atoms with Crippen LogP contribution in [0.15, 0.2) is 22.8 Å². The molecule has 0 spiro atoms. The van der Waals surface area contributed by atoms with Gasteiger partial charge in [-0.15, -0.1) is 0 Å². The largest absolute Gasteiger partial charge is 0.459 e. The molecule has 2 aliphatic carbocycles. The van der Waals surface area contributed by atoms with E-state index in [1.807, 2.05) is 6.92 Å². The zero-order valence-corrected chi connectivity index (χ0v) is 17.9. The Hall–Kier alpha value is -1.95. The molecule has 0 aromatic heterocycles. The molecular formula is C22H32O6. The smallest absolute Gasteiger partial charge is 0.333 e.